The van der Waals surface area contributed by atoms with E-state index in [2.05, 4.69) is 0 Å². The van der Waals surface area contributed by atoms with Crippen LogP contribution in [0.25, 0.3) is 0 Å². The lowest BCUT2D eigenvalue weighted by molar-refractivity contribution is 0.251. The van der Waals surface area contributed by atoms with E-state index < -0.39 is 15.3 Å². The molecule has 0 saturated heterocycles. The van der Waals surface area contributed by atoms with E-state index in [1.807, 2.05) is 6.92 Å². The second-order valence-electron chi connectivity index (χ2n) is 3.55. The van der Waals surface area contributed by atoms with Gasteiger partial charge in [-0.1, -0.05) is 20.3 Å². The highest BCUT2D eigenvalue weighted by atomic mass is 32.2. The molecule has 0 heterocycles. The van der Waals surface area contributed by atoms with Gasteiger partial charge in [0.2, 0.25) is 10.0 Å². The van der Waals surface area contributed by atoms with Gasteiger partial charge in [0.1, 0.15) is 0 Å². The van der Waals surface area contributed by atoms with E-state index in [4.69, 9.17) is 10.4 Å². The summed E-state index contributed by atoms with van der Waals surface area (Å²) in [6.07, 6.45) is 1.88. The minimum Gasteiger partial charge on any atom is -0.395 e. The molecule has 1 atom stereocenters. The van der Waals surface area contributed by atoms with Crippen molar-refractivity contribution in [2.24, 2.45) is 0 Å². The van der Waals surface area contributed by atoms with Gasteiger partial charge in [-0.05, 0) is 12.8 Å². The standard InChI is InChI=1S/C10H20N2O3S/c1-3-5-6-12(7-8-13)16(14,15)10(4-2)9-11/h10,13H,3-8H2,1-2H3. The second kappa shape index (κ2) is 7.60. The second-order valence-corrected chi connectivity index (χ2v) is 5.66. The molecule has 0 aromatic carbocycles. The average Bonchev–Trinajstić information content (AvgIpc) is 2.25. The van der Waals surface area contributed by atoms with Crippen molar-refractivity contribution in [3.8, 4) is 6.07 Å². The molecule has 16 heavy (non-hydrogen) atoms. The van der Waals surface area contributed by atoms with Gasteiger partial charge in [0.05, 0.1) is 12.7 Å². The van der Waals surface area contributed by atoms with Crippen molar-refractivity contribution < 1.29 is 13.5 Å². The van der Waals surface area contributed by atoms with Gasteiger partial charge in [0.25, 0.3) is 0 Å². The summed E-state index contributed by atoms with van der Waals surface area (Å²) in [7, 11) is -3.59. The van der Waals surface area contributed by atoms with Crippen molar-refractivity contribution >= 4 is 10.0 Å². The molecule has 5 nitrogen and oxygen atoms in total. The van der Waals surface area contributed by atoms with Gasteiger partial charge in [0.15, 0.2) is 5.25 Å². The Morgan fingerprint density at radius 3 is 2.38 bits per heavy atom. The quantitative estimate of drug-likeness (QED) is 0.686. The van der Waals surface area contributed by atoms with Crippen LogP contribution >= 0.6 is 0 Å². The molecule has 1 unspecified atom stereocenters. The van der Waals surface area contributed by atoms with E-state index >= 15 is 0 Å². The fourth-order valence-electron chi connectivity index (χ4n) is 1.36. The van der Waals surface area contributed by atoms with Crippen LogP contribution in [0.15, 0.2) is 0 Å². The molecule has 0 aliphatic heterocycles. The molecular weight excluding hydrogens is 228 g/mol. The lowest BCUT2D eigenvalue weighted by Crippen LogP contribution is -2.40. The number of nitrogens with zero attached hydrogens (tertiary/aromatic N) is 2. The maximum atomic E-state index is 12.0. The normalized spacial score (nSPS) is 13.7. The molecule has 0 fully saturated rings. The van der Waals surface area contributed by atoms with Gasteiger partial charge in [-0.2, -0.15) is 9.57 Å². The molecule has 0 aliphatic carbocycles. The van der Waals surface area contributed by atoms with Crippen molar-refractivity contribution in [3.05, 3.63) is 0 Å². The van der Waals surface area contributed by atoms with Crippen molar-refractivity contribution in [1.82, 2.24) is 4.31 Å². The Balaban J connectivity index is 4.81. The highest BCUT2D eigenvalue weighted by Gasteiger charge is 2.29. The van der Waals surface area contributed by atoms with Crippen LogP contribution in [-0.4, -0.2) is 42.8 Å². The molecule has 6 heteroatoms. The van der Waals surface area contributed by atoms with Crippen molar-refractivity contribution in [3.63, 3.8) is 0 Å². The first-order valence-corrected chi connectivity index (χ1v) is 7.04. The smallest absolute Gasteiger partial charge is 0.230 e. The van der Waals surface area contributed by atoms with Gasteiger partial charge in [-0.25, -0.2) is 8.42 Å². The van der Waals surface area contributed by atoms with E-state index in [-0.39, 0.29) is 19.6 Å². The molecule has 94 valence electrons. The Kier molecular flexibility index (Phi) is 7.30. The fraction of sp³-hybridized carbons (Fsp3) is 0.900. The van der Waals surface area contributed by atoms with Crippen LogP contribution in [0.1, 0.15) is 33.1 Å². The van der Waals surface area contributed by atoms with Crippen LogP contribution in [0.2, 0.25) is 0 Å². The van der Waals surface area contributed by atoms with Crippen LogP contribution in [0.3, 0.4) is 0 Å². The molecule has 0 aromatic rings. The molecule has 1 N–H and O–H groups in total. The van der Waals surface area contributed by atoms with E-state index in [0.29, 0.717) is 6.54 Å². The summed E-state index contributed by atoms with van der Waals surface area (Å²) in [6, 6.07) is 1.80. The molecule has 0 rings (SSSR count). The number of unbranched alkanes of at least 4 members (excludes halogenated alkanes) is 1. The number of aliphatic hydroxyl groups is 1. The molecule has 0 amide bonds. The van der Waals surface area contributed by atoms with Crippen molar-refractivity contribution in [2.75, 3.05) is 19.7 Å². The minimum absolute atomic E-state index is 0.0700. The molecule has 0 spiro atoms. The van der Waals surface area contributed by atoms with E-state index in [1.165, 1.54) is 4.31 Å². The minimum atomic E-state index is -3.59. The van der Waals surface area contributed by atoms with Crippen LogP contribution < -0.4 is 0 Å². The predicted molar refractivity (Wildman–Crippen MR) is 62.2 cm³/mol. The van der Waals surface area contributed by atoms with Gasteiger partial charge in [0, 0.05) is 13.1 Å². The molecule has 0 aliphatic rings. The molecule has 0 aromatic heterocycles. The lowest BCUT2D eigenvalue weighted by atomic mass is 10.3. The van der Waals surface area contributed by atoms with Crippen LogP contribution in [0, 0.1) is 11.3 Å². The zero-order valence-corrected chi connectivity index (χ0v) is 10.7. The van der Waals surface area contributed by atoms with E-state index in [0.717, 1.165) is 12.8 Å². The maximum absolute atomic E-state index is 12.0. The van der Waals surface area contributed by atoms with E-state index in [9.17, 15) is 8.42 Å². The zero-order chi connectivity index (χ0) is 12.6. The van der Waals surface area contributed by atoms with Crippen LogP contribution in [-0.2, 0) is 10.0 Å². The van der Waals surface area contributed by atoms with Gasteiger partial charge >= 0.3 is 0 Å². The molecule has 0 radical (unpaired) electrons. The largest absolute Gasteiger partial charge is 0.395 e. The summed E-state index contributed by atoms with van der Waals surface area (Å²) in [5.74, 6) is 0. The Morgan fingerprint density at radius 1 is 1.38 bits per heavy atom. The lowest BCUT2D eigenvalue weighted by Gasteiger charge is -2.23. The summed E-state index contributed by atoms with van der Waals surface area (Å²) in [5, 5.41) is 16.6. The third-order valence-corrected chi connectivity index (χ3v) is 4.59. The van der Waals surface area contributed by atoms with Crippen LogP contribution in [0.4, 0.5) is 0 Å². The first-order chi connectivity index (χ1) is 7.54. The Hall–Kier alpha value is -0.640. The first kappa shape index (κ1) is 15.4. The number of hydrogen-bond donors (Lipinski definition) is 1. The monoisotopic (exact) mass is 248 g/mol. The first-order valence-electron chi connectivity index (χ1n) is 5.54. The summed E-state index contributed by atoms with van der Waals surface area (Å²) in [6.45, 7) is 3.86. The number of aliphatic hydroxyl groups excluding tert-OH is 1. The Morgan fingerprint density at radius 2 is 2.00 bits per heavy atom. The van der Waals surface area contributed by atoms with Crippen molar-refractivity contribution in [2.45, 2.75) is 38.4 Å². The highest BCUT2D eigenvalue weighted by molar-refractivity contribution is 7.90. The van der Waals surface area contributed by atoms with Gasteiger partial charge in [-0.3, -0.25) is 0 Å². The third-order valence-electron chi connectivity index (χ3n) is 2.34. The topological polar surface area (TPSA) is 81.4 Å². The highest BCUT2D eigenvalue weighted by Crippen LogP contribution is 2.12. The number of sulfonamides is 1. The number of rotatable bonds is 8. The summed E-state index contributed by atoms with van der Waals surface area (Å²) >= 11 is 0. The third kappa shape index (κ3) is 4.08. The maximum Gasteiger partial charge on any atom is 0.230 e. The molecule has 0 bridgehead atoms. The molecular formula is C10H20N2O3S. The predicted octanol–water partition coefficient (Wildman–Crippen LogP) is 0.713. The summed E-state index contributed by atoms with van der Waals surface area (Å²) in [5.41, 5.74) is 0. The summed E-state index contributed by atoms with van der Waals surface area (Å²) < 4.78 is 25.2. The average molecular weight is 248 g/mol. The summed E-state index contributed by atoms with van der Waals surface area (Å²) in [4.78, 5) is 0. The zero-order valence-electron chi connectivity index (χ0n) is 9.89. The SMILES string of the molecule is CCCCN(CCO)S(=O)(=O)C(C#N)CC. The number of nitriles is 1. The van der Waals surface area contributed by atoms with Gasteiger partial charge in [-0.15, -0.1) is 0 Å². The molecule has 0 saturated carbocycles. The van der Waals surface area contributed by atoms with Gasteiger partial charge < -0.3 is 5.11 Å². The van der Waals surface area contributed by atoms with Crippen LogP contribution in [0.5, 0.6) is 0 Å². The van der Waals surface area contributed by atoms with Crippen molar-refractivity contribution in [1.29, 1.82) is 5.26 Å². The fourth-order valence-corrected chi connectivity index (χ4v) is 2.99. The Labute approximate surface area is 97.7 Å². The Bertz CT molecular complexity index is 321. The van der Waals surface area contributed by atoms with E-state index in [1.54, 1.807) is 13.0 Å². The number of hydrogen-bond acceptors (Lipinski definition) is 4.